The summed E-state index contributed by atoms with van der Waals surface area (Å²) in [5.41, 5.74) is 8.74. The molecule has 6 N–H and O–H groups in total. The number of hydrogen-bond donors (Lipinski definition) is 6. The molecule has 5 amide bonds. The van der Waals surface area contributed by atoms with E-state index >= 15 is 0 Å². The fourth-order valence-electron chi connectivity index (χ4n) is 11.0. The van der Waals surface area contributed by atoms with E-state index < -0.39 is 30.3 Å². The minimum atomic E-state index is -0.989. The van der Waals surface area contributed by atoms with E-state index in [0.29, 0.717) is 39.1 Å². The van der Waals surface area contributed by atoms with Crippen molar-refractivity contribution in [3.8, 4) is 22.3 Å². The van der Waals surface area contributed by atoms with Gasteiger partial charge in [0, 0.05) is 26.3 Å². The summed E-state index contributed by atoms with van der Waals surface area (Å²) < 4.78 is 12.7. The van der Waals surface area contributed by atoms with Gasteiger partial charge < -0.3 is 46.3 Å². The summed E-state index contributed by atoms with van der Waals surface area (Å²) in [5, 5.41) is 18.8. The van der Waals surface area contributed by atoms with Crippen LogP contribution in [-0.2, 0) is 33.4 Å². The van der Waals surface area contributed by atoms with Crippen molar-refractivity contribution in [2.24, 2.45) is 0 Å². The van der Waals surface area contributed by atoms with Gasteiger partial charge in [-0.1, -0.05) is 110 Å². The first-order chi connectivity index (χ1) is 35.4. The maximum Gasteiger partial charge on any atom is 0.248 e. The Labute approximate surface area is 455 Å². The number of rotatable bonds is 24. The zero-order chi connectivity index (χ0) is 51.6. The summed E-state index contributed by atoms with van der Waals surface area (Å²) in [7, 11) is 3.45. The zero-order valence-electron chi connectivity index (χ0n) is 44.3. The Hall–Kier alpha value is -5.39. The van der Waals surface area contributed by atoms with E-state index in [1.54, 1.807) is 32.8 Å². The second kappa shape index (κ2) is 27.6. The number of hydrogen-bond acceptors (Lipinski definition) is 10. The van der Waals surface area contributed by atoms with Gasteiger partial charge in [0.25, 0.3) is 0 Å². The highest BCUT2D eigenvalue weighted by Gasteiger charge is 2.42. The third-order valence-electron chi connectivity index (χ3n) is 15.6. The Kier molecular flexibility index (Phi) is 21.7. The number of ether oxygens (including phenoxy) is 2. The van der Waals surface area contributed by atoms with Gasteiger partial charge in [-0.15, -0.1) is 24.8 Å². The molecule has 0 saturated carbocycles. The largest absolute Gasteiger partial charge is 0.376 e. The molecule has 2 aliphatic heterocycles. The summed E-state index contributed by atoms with van der Waals surface area (Å²) in [6.45, 7) is 9.84. The highest BCUT2D eigenvalue weighted by atomic mass is 35.5. The highest BCUT2D eigenvalue weighted by Crippen LogP contribution is 2.44. The number of benzene rings is 4. The van der Waals surface area contributed by atoms with Crippen molar-refractivity contribution in [1.29, 1.82) is 0 Å². The van der Waals surface area contributed by atoms with Crippen LogP contribution >= 0.6 is 24.8 Å². The van der Waals surface area contributed by atoms with Gasteiger partial charge in [-0.2, -0.15) is 0 Å². The van der Waals surface area contributed by atoms with Gasteiger partial charge in [0.15, 0.2) is 0 Å². The van der Waals surface area contributed by atoms with Crippen LogP contribution in [0.5, 0.6) is 0 Å². The van der Waals surface area contributed by atoms with Gasteiger partial charge in [-0.25, -0.2) is 0 Å². The molecule has 2 saturated heterocycles. The molecule has 406 valence electrons. The maximum absolute atomic E-state index is 14.4. The summed E-state index contributed by atoms with van der Waals surface area (Å²) in [6.07, 6.45) is 5.09. The quantitative estimate of drug-likeness (QED) is 0.0418. The van der Waals surface area contributed by atoms with Crippen molar-refractivity contribution in [2.75, 3.05) is 46.9 Å². The minimum absolute atomic E-state index is 0. The standard InChI is InChI=1S/C58H76N8O7.2ClH/c1-36(59-5)54(67)61-48(35-65-31-19-29-49(65)56(69)63-52-44-25-13-9-21-40(44)41-22-10-14-26-45(41)52)38(3)72-33-17-7-8-18-34-73-39(4)51(62-55(68)37(2)60-6)58(71)66-32-20-30-50(66)57(70)64-53-46-27-15-11-23-42(46)43-24-12-16-28-47(43)53;;/h9-16,21-28,36-39,48-53,59-60H,7-8,17-20,29-35H2,1-6H3,(H,61,67)(H,62,68)(H,63,69)(H,64,70);2*1H/t36-,37-,38+,39+,48+,49-,50?,51-;;/m0../s1. The fraction of sp³-hybridized carbons (Fsp3) is 0.500. The Morgan fingerprint density at radius 1 is 0.547 bits per heavy atom. The van der Waals surface area contributed by atoms with Crippen LogP contribution in [0.25, 0.3) is 22.3 Å². The number of nitrogens with one attached hydrogen (secondary N) is 6. The summed E-state index contributed by atoms with van der Waals surface area (Å²) >= 11 is 0. The van der Waals surface area contributed by atoms with Gasteiger partial charge in [0.2, 0.25) is 29.5 Å². The average Bonchev–Trinajstić information content (AvgIpc) is 4.23. The van der Waals surface area contributed by atoms with Gasteiger partial charge in [-0.3, -0.25) is 28.9 Å². The number of carbonyl (C=O) groups excluding carboxylic acids is 5. The van der Waals surface area contributed by atoms with Gasteiger partial charge >= 0.3 is 0 Å². The number of nitrogens with zero attached hydrogens (tertiary/aromatic N) is 2. The lowest BCUT2D eigenvalue weighted by Crippen LogP contribution is -2.59. The van der Waals surface area contributed by atoms with Gasteiger partial charge in [0.05, 0.1) is 48.5 Å². The van der Waals surface area contributed by atoms with Crippen molar-refractivity contribution >= 4 is 54.3 Å². The van der Waals surface area contributed by atoms with E-state index in [4.69, 9.17) is 9.47 Å². The molecular formula is C58H78Cl2N8O7. The summed E-state index contributed by atoms with van der Waals surface area (Å²) in [5.74, 6) is -1.02. The molecule has 0 spiro atoms. The molecule has 2 fully saturated rings. The molecule has 17 heteroatoms. The molecule has 0 radical (unpaired) electrons. The van der Waals surface area contributed by atoms with Crippen LogP contribution in [0.15, 0.2) is 97.1 Å². The topological polar surface area (TPSA) is 182 Å². The molecule has 0 bridgehead atoms. The van der Waals surface area contributed by atoms with Crippen LogP contribution in [0.4, 0.5) is 0 Å². The molecule has 2 heterocycles. The van der Waals surface area contributed by atoms with E-state index in [0.717, 1.165) is 89.6 Å². The molecule has 0 aromatic heterocycles. The Morgan fingerprint density at radius 3 is 1.44 bits per heavy atom. The average molecular weight is 1070 g/mol. The predicted octanol–water partition coefficient (Wildman–Crippen LogP) is 6.61. The van der Waals surface area contributed by atoms with Gasteiger partial charge in [0.1, 0.15) is 12.1 Å². The Morgan fingerprint density at radius 2 is 0.960 bits per heavy atom. The zero-order valence-corrected chi connectivity index (χ0v) is 45.9. The van der Waals surface area contributed by atoms with Crippen LogP contribution in [0, 0.1) is 0 Å². The number of halogens is 2. The van der Waals surface area contributed by atoms with Crippen molar-refractivity contribution in [1.82, 2.24) is 41.7 Å². The number of unbranched alkanes of at least 4 members (excludes halogenated alkanes) is 3. The highest BCUT2D eigenvalue weighted by molar-refractivity contribution is 5.95. The van der Waals surface area contributed by atoms with E-state index in [1.165, 1.54) is 0 Å². The predicted molar refractivity (Wildman–Crippen MR) is 298 cm³/mol. The van der Waals surface area contributed by atoms with Crippen LogP contribution in [0.2, 0.25) is 0 Å². The van der Waals surface area contributed by atoms with Crippen LogP contribution in [0.3, 0.4) is 0 Å². The van der Waals surface area contributed by atoms with E-state index in [1.807, 2.05) is 74.5 Å². The Bertz CT molecular complexity index is 2500. The summed E-state index contributed by atoms with van der Waals surface area (Å²) in [4.78, 5) is 73.0. The maximum atomic E-state index is 14.4. The van der Waals surface area contributed by atoms with E-state index in [2.05, 4.69) is 73.2 Å². The third-order valence-corrected chi connectivity index (χ3v) is 15.6. The molecule has 8 atom stereocenters. The molecule has 4 aliphatic rings. The first-order valence-corrected chi connectivity index (χ1v) is 26.6. The number of likely N-dealkylation sites (N-methyl/N-ethyl adjacent to an activating group) is 2. The molecule has 75 heavy (non-hydrogen) atoms. The van der Waals surface area contributed by atoms with Crippen LogP contribution in [-0.4, -0.2) is 135 Å². The molecular weight excluding hydrogens is 992 g/mol. The lowest BCUT2D eigenvalue weighted by Gasteiger charge is -2.33. The van der Waals surface area contributed by atoms with Crippen LogP contribution in [0.1, 0.15) is 113 Å². The number of likely N-dealkylation sites (tertiary alicyclic amines) is 2. The second-order valence-corrected chi connectivity index (χ2v) is 20.3. The summed E-state index contributed by atoms with van der Waals surface area (Å²) in [6, 6.07) is 28.8. The van der Waals surface area contributed by atoms with Crippen LogP contribution < -0.4 is 31.9 Å². The molecule has 4 aromatic rings. The molecule has 8 rings (SSSR count). The number of fused-ring (bicyclic) bond motifs is 6. The second-order valence-electron chi connectivity index (χ2n) is 20.3. The lowest BCUT2D eigenvalue weighted by molar-refractivity contribution is -0.145. The first-order valence-electron chi connectivity index (χ1n) is 26.6. The van der Waals surface area contributed by atoms with E-state index in [-0.39, 0.29) is 84.6 Å². The van der Waals surface area contributed by atoms with Crippen molar-refractivity contribution in [3.63, 3.8) is 0 Å². The Balaban J connectivity index is 0.00000457. The number of amides is 5. The lowest BCUT2D eigenvalue weighted by atomic mass is 10.0. The first kappa shape index (κ1) is 58.9. The van der Waals surface area contributed by atoms with E-state index in [9.17, 15) is 24.0 Å². The van der Waals surface area contributed by atoms with Crippen molar-refractivity contribution in [3.05, 3.63) is 119 Å². The third kappa shape index (κ3) is 13.6. The molecule has 4 aromatic carbocycles. The normalized spacial score (nSPS) is 19.1. The smallest absolute Gasteiger partial charge is 0.248 e. The molecule has 15 nitrogen and oxygen atoms in total. The van der Waals surface area contributed by atoms with Gasteiger partial charge in [-0.05, 0) is 131 Å². The molecule has 1 unspecified atom stereocenters. The fourth-order valence-corrected chi connectivity index (χ4v) is 11.0. The van der Waals surface area contributed by atoms with Crippen molar-refractivity contribution < 1.29 is 33.4 Å². The van der Waals surface area contributed by atoms with Crippen molar-refractivity contribution in [2.45, 2.75) is 140 Å². The minimum Gasteiger partial charge on any atom is -0.376 e. The monoisotopic (exact) mass is 1070 g/mol. The molecule has 2 aliphatic carbocycles. The SMILES string of the molecule is CN[C@@H](C)C(=O)N[C@H](C(=O)N1CCCC1C(=O)NC1c2ccccc2-c2ccccc21)[C@@H](C)OCCCCCCO[C@H](C)[C@@H](CN1CCC[C@H]1C(=O)NC1c2ccccc2-c2ccccc21)NC(=O)[C@H](C)NC.Cl.Cl. The number of carbonyl (C=O) groups is 5.